The van der Waals surface area contributed by atoms with Crippen LogP contribution in [0, 0.1) is 17.0 Å². The Morgan fingerprint density at radius 1 is 1.35 bits per heavy atom. The third-order valence-electron chi connectivity index (χ3n) is 2.29. The summed E-state index contributed by atoms with van der Waals surface area (Å²) >= 11 is 2.73. The number of benzene rings is 1. The van der Waals surface area contributed by atoms with Crippen LogP contribution >= 0.6 is 23.1 Å². The number of thiophene rings is 1. The molecule has 0 saturated heterocycles. The van der Waals surface area contributed by atoms with E-state index in [4.69, 9.17) is 0 Å². The van der Waals surface area contributed by atoms with E-state index in [1.165, 1.54) is 28.7 Å². The van der Waals surface area contributed by atoms with E-state index in [1.54, 1.807) is 0 Å². The number of nitrogens with zero attached hydrogens (tertiary/aromatic N) is 1. The van der Waals surface area contributed by atoms with Gasteiger partial charge in [0.1, 0.15) is 4.90 Å². The van der Waals surface area contributed by atoms with Gasteiger partial charge in [0.15, 0.2) is 0 Å². The molecule has 1 aromatic heterocycles. The average Bonchev–Trinajstić information content (AvgIpc) is 2.69. The highest BCUT2D eigenvalue weighted by Gasteiger charge is 2.19. The van der Waals surface area contributed by atoms with Crippen molar-refractivity contribution in [1.29, 1.82) is 0 Å². The van der Waals surface area contributed by atoms with Crippen LogP contribution in [0.4, 0.5) is 5.00 Å². The Balaban J connectivity index is 2.14. The minimum atomic E-state index is -0.301. The maximum absolute atomic E-state index is 10.8. The van der Waals surface area contributed by atoms with E-state index in [0.29, 0.717) is 0 Å². The number of nitro groups is 1. The topological polar surface area (TPSA) is 43.1 Å². The fraction of sp³-hybridized carbons (Fsp3) is 0.167. The number of hydrogen-bond acceptors (Lipinski definition) is 4. The molecule has 2 aromatic rings. The van der Waals surface area contributed by atoms with Crippen LogP contribution in [0.25, 0.3) is 0 Å². The Hall–Kier alpha value is -1.33. The molecule has 0 unspecified atom stereocenters. The van der Waals surface area contributed by atoms with E-state index < -0.39 is 0 Å². The summed E-state index contributed by atoms with van der Waals surface area (Å²) in [6.45, 7) is 1.91. The lowest BCUT2D eigenvalue weighted by molar-refractivity contribution is -0.382. The summed E-state index contributed by atoms with van der Waals surface area (Å²) in [7, 11) is 0. The first kappa shape index (κ1) is 12.1. The van der Waals surface area contributed by atoms with E-state index in [0.717, 1.165) is 16.2 Å². The second-order valence-electron chi connectivity index (χ2n) is 3.58. The van der Waals surface area contributed by atoms with Crippen LogP contribution in [-0.2, 0) is 5.75 Å². The molecule has 5 heteroatoms. The van der Waals surface area contributed by atoms with E-state index in [-0.39, 0.29) is 9.92 Å². The molecule has 0 aliphatic rings. The van der Waals surface area contributed by atoms with Gasteiger partial charge in [0, 0.05) is 11.1 Å². The van der Waals surface area contributed by atoms with Gasteiger partial charge in [-0.25, -0.2) is 0 Å². The van der Waals surface area contributed by atoms with E-state index in [1.807, 2.05) is 42.6 Å². The van der Waals surface area contributed by atoms with Crippen LogP contribution in [0.2, 0.25) is 0 Å². The van der Waals surface area contributed by atoms with E-state index in [2.05, 4.69) is 0 Å². The van der Waals surface area contributed by atoms with Crippen molar-refractivity contribution >= 4 is 28.1 Å². The lowest BCUT2D eigenvalue weighted by Gasteiger charge is -2.01. The molecule has 2 rings (SSSR count). The third-order valence-corrected chi connectivity index (χ3v) is 4.75. The van der Waals surface area contributed by atoms with Crippen molar-refractivity contribution in [3.8, 4) is 0 Å². The summed E-state index contributed by atoms with van der Waals surface area (Å²) in [5.41, 5.74) is 2.17. The standard InChI is InChI=1S/C12H11NO2S2/c1-9-7-17-12(13(14)15)11(9)16-8-10-5-3-2-4-6-10/h2-7H,8H2,1H3. The molecule has 0 aliphatic heterocycles. The van der Waals surface area contributed by atoms with Crippen LogP contribution in [0.1, 0.15) is 11.1 Å². The molecule has 0 atom stereocenters. The molecule has 3 nitrogen and oxygen atoms in total. The van der Waals surface area contributed by atoms with E-state index in [9.17, 15) is 10.1 Å². The highest BCUT2D eigenvalue weighted by atomic mass is 32.2. The number of thioether (sulfide) groups is 1. The van der Waals surface area contributed by atoms with Crippen molar-refractivity contribution in [2.75, 3.05) is 0 Å². The van der Waals surface area contributed by atoms with Crippen molar-refractivity contribution in [2.24, 2.45) is 0 Å². The minimum Gasteiger partial charge on any atom is -0.258 e. The first-order chi connectivity index (χ1) is 8.18. The molecule has 1 heterocycles. The van der Waals surface area contributed by atoms with Gasteiger partial charge in [0.05, 0.1) is 4.92 Å². The molecule has 0 fully saturated rings. The summed E-state index contributed by atoms with van der Waals surface area (Å²) in [5, 5.41) is 12.9. The molecular formula is C12H11NO2S2. The molecular weight excluding hydrogens is 254 g/mol. The van der Waals surface area contributed by atoms with Gasteiger partial charge in [-0.2, -0.15) is 0 Å². The monoisotopic (exact) mass is 265 g/mol. The van der Waals surface area contributed by atoms with Gasteiger partial charge in [-0.3, -0.25) is 10.1 Å². The minimum absolute atomic E-state index is 0.253. The second-order valence-corrected chi connectivity index (χ2v) is 5.43. The van der Waals surface area contributed by atoms with Gasteiger partial charge in [0.25, 0.3) is 0 Å². The quantitative estimate of drug-likeness (QED) is 0.471. The predicted octanol–water partition coefficient (Wildman–Crippen LogP) is 4.26. The van der Waals surface area contributed by atoms with Gasteiger partial charge < -0.3 is 0 Å². The summed E-state index contributed by atoms with van der Waals surface area (Å²) in [6, 6.07) is 9.98. The lowest BCUT2D eigenvalue weighted by atomic mass is 10.2. The SMILES string of the molecule is Cc1csc([N+](=O)[O-])c1SCc1ccccc1. The van der Waals surface area contributed by atoms with Crippen molar-refractivity contribution in [3.05, 3.63) is 57.0 Å². The number of aryl methyl sites for hydroxylation is 1. The molecule has 88 valence electrons. The zero-order chi connectivity index (χ0) is 12.3. The third kappa shape index (κ3) is 2.87. The van der Waals surface area contributed by atoms with Crippen LogP contribution in [0.3, 0.4) is 0 Å². The van der Waals surface area contributed by atoms with Gasteiger partial charge in [-0.1, -0.05) is 41.7 Å². The van der Waals surface area contributed by atoms with Gasteiger partial charge in [0.2, 0.25) is 0 Å². The Kier molecular flexibility index (Phi) is 3.81. The summed E-state index contributed by atoms with van der Waals surface area (Å²) < 4.78 is 0. The average molecular weight is 265 g/mol. The van der Waals surface area contributed by atoms with Gasteiger partial charge in [-0.05, 0) is 18.1 Å². The zero-order valence-electron chi connectivity index (χ0n) is 9.25. The van der Waals surface area contributed by atoms with Crippen LogP contribution in [0.15, 0.2) is 40.6 Å². The van der Waals surface area contributed by atoms with Gasteiger partial charge in [-0.15, -0.1) is 11.8 Å². The van der Waals surface area contributed by atoms with Crippen molar-refractivity contribution in [3.63, 3.8) is 0 Å². The molecule has 1 aromatic carbocycles. The summed E-state index contributed by atoms with van der Waals surface area (Å²) in [4.78, 5) is 11.3. The molecule has 0 radical (unpaired) electrons. The Labute approximate surface area is 108 Å². The Morgan fingerprint density at radius 2 is 2.06 bits per heavy atom. The fourth-order valence-electron chi connectivity index (χ4n) is 1.45. The molecule has 0 aliphatic carbocycles. The smallest absolute Gasteiger partial charge is 0.258 e. The highest BCUT2D eigenvalue weighted by Crippen LogP contribution is 2.39. The first-order valence-corrected chi connectivity index (χ1v) is 6.94. The largest absolute Gasteiger partial charge is 0.337 e. The normalized spacial score (nSPS) is 10.4. The van der Waals surface area contributed by atoms with Crippen molar-refractivity contribution in [1.82, 2.24) is 0 Å². The summed E-state index contributed by atoms with van der Waals surface area (Å²) in [5.74, 6) is 0.763. The highest BCUT2D eigenvalue weighted by molar-refractivity contribution is 7.98. The zero-order valence-corrected chi connectivity index (χ0v) is 10.9. The molecule has 17 heavy (non-hydrogen) atoms. The van der Waals surface area contributed by atoms with Crippen LogP contribution in [-0.4, -0.2) is 4.92 Å². The maximum Gasteiger partial charge on any atom is 0.337 e. The van der Waals surface area contributed by atoms with Crippen LogP contribution in [0.5, 0.6) is 0 Å². The van der Waals surface area contributed by atoms with Crippen molar-refractivity contribution < 1.29 is 4.92 Å². The van der Waals surface area contributed by atoms with E-state index >= 15 is 0 Å². The molecule has 0 saturated carbocycles. The lowest BCUT2D eigenvalue weighted by Crippen LogP contribution is -1.87. The van der Waals surface area contributed by atoms with Crippen LogP contribution < -0.4 is 0 Å². The maximum atomic E-state index is 10.8. The predicted molar refractivity (Wildman–Crippen MR) is 71.7 cm³/mol. The molecule has 0 bridgehead atoms. The first-order valence-electron chi connectivity index (χ1n) is 5.07. The van der Waals surface area contributed by atoms with Gasteiger partial charge >= 0.3 is 5.00 Å². The Morgan fingerprint density at radius 3 is 2.71 bits per heavy atom. The fourth-order valence-corrected chi connectivity index (χ4v) is 3.60. The number of hydrogen-bond donors (Lipinski definition) is 0. The molecule has 0 N–H and O–H groups in total. The molecule has 0 amide bonds. The van der Waals surface area contributed by atoms with Crippen molar-refractivity contribution in [2.45, 2.75) is 17.6 Å². The molecule has 0 spiro atoms. The summed E-state index contributed by atoms with van der Waals surface area (Å²) in [6.07, 6.45) is 0. The number of rotatable bonds is 4. The Bertz CT molecular complexity index is 523. The second kappa shape index (κ2) is 5.33.